The lowest BCUT2D eigenvalue weighted by Gasteiger charge is -2.30. The van der Waals surface area contributed by atoms with Crippen LogP contribution in [-0.2, 0) is 6.54 Å². The quantitative estimate of drug-likeness (QED) is 0.831. The number of aromatic nitrogens is 1. The molecule has 5 heteroatoms. The molecule has 1 heterocycles. The van der Waals surface area contributed by atoms with Crippen molar-refractivity contribution in [3.05, 3.63) is 18.0 Å². The molecule has 0 unspecified atom stereocenters. The average Bonchev–Trinajstić information content (AvgIpc) is 2.86. The van der Waals surface area contributed by atoms with Crippen molar-refractivity contribution < 1.29 is 14.6 Å². The van der Waals surface area contributed by atoms with Gasteiger partial charge in [-0.1, -0.05) is 13.3 Å². The zero-order valence-corrected chi connectivity index (χ0v) is 12.5. The van der Waals surface area contributed by atoms with Crippen LogP contribution in [0.3, 0.4) is 0 Å². The van der Waals surface area contributed by atoms with Crippen molar-refractivity contribution in [2.75, 3.05) is 20.8 Å². The summed E-state index contributed by atoms with van der Waals surface area (Å²) in [5, 5.41) is 13.1. The molecule has 1 fully saturated rings. The van der Waals surface area contributed by atoms with Gasteiger partial charge in [0.1, 0.15) is 0 Å². The first kappa shape index (κ1) is 15.1. The highest BCUT2D eigenvalue weighted by Crippen LogP contribution is 2.38. The third-order valence-electron chi connectivity index (χ3n) is 4.33. The van der Waals surface area contributed by atoms with Crippen LogP contribution < -0.4 is 14.8 Å². The van der Waals surface area contributed by atoms with E-state index in [0.717, 1.165) is 25.0 Å². The van der Waals surface area contributed by atoms with E-state index in [-0.39, 0.29) is 12.0 Å². The van der Waals surface area contributed by atoms with Crippen LogP contribution in [0.15, 0.2) is 12.3 Å². The molecule has 1 aliphatic carbocycles. The number of hydrogen-bond acceptors (Lipinski definition) is 5. The maximum atomic E-state index is 9.58. The molecule has 112 valence electrons. The standard InChI is InChI=1S/C15H24N2O3/c1-15(10-18)7-4-5-13(15)17-9-11-14(20-3)12(19-2)6-8-16-11/h6,8,13,17-18H,4-5,7,9-10H2,1-3H3/t13-,15-/m0/s1. The van der Waals surface area contributed by atoms with Crippen LogP contribution in [-0.4, -0.2) is 37.0 Å². The molecule has 0 radical (unpaired) electrons. The highest BCUT2D eigenvalue weighted by molar-refractivity contribution is 5.42. The molecule has 2 atom stereocenters. The zero-order valence-electron chi connectivity index (χ0n) is 12.5. The van der Waals surface area contributed by atoms with Gasteiger partial charge in [-0.2, -0.15) is 0 Å². The molecule has 0 aromatic carbocycles. The number of hydrogen-bond donors (Lipinski definition) is 2. The van der Waals surface area contributed by atoms with E-state index < -0.39 is 0 Å². The number of aliphatic hydroxyl groups excluding tert-OH is 1. The van der Waals surface area contributed by atoms with Gasteiger partial charge in [0.05, 0.1) is 19.9 Å². The number of rotatable bonds is 6. The molecule has 0 amide bonds. The molecule has 20 heavy (non-hydrogen) atoms. The fraction of sp³-hybridized carbons (Fsp3) is 0.667. The van der Waals surface area contributed by atoms with Gasteiger partial charge >= 0.3 is 0 Å². The summed E-state index contributed by atoms with van der Waals surface area (Å²) in [6.45, 7) is 2.96. The molecule has 1 aliphatic rings. The second-order valence-electron chi connectivity index (χ2n) is 5.63. The predicted molar refractivity (Wildman–Crippen MR) is 77.0 cm³/mol. The highest BCUT2D eigenvalue weighted by atomic mass is 16.5. The Balaban J connectivity index is 2.08. The number of ether oxygens (including phenoxy) is 2. The van der Waals surface area contributed by atoms with E-state index in [9.17, 15) is 5.11 Å². The van der Waals surface area contributed by atoms with Crippen LogP contribution in [0.4, 0.5) is 0 Å². The van der Waals surface area contributed by atoms with Gasteiger partial charge < -0.3 is 19.9 Å². The Labute approximate surface area is 120 Å². The summed E-state index contributed by atoms with van der Waals surface area (Å²) in [5.41, 5.74) is 0.797. The topological polar surface area (TPSA) is 63.6 Å². The van der Waals surface area contributed by atoms with Crippen LogP contribution in [0.25, 0.3) is 0 Å². The molecule has 0 bridgehead atoms. The lowest BCUT2D eigenvalue weighted by atomic mass is 9.86. The summed E-state index contributed by atoms with van der Waals surface area (Å²) in [7, 11) is 3.24. The summed E-state index contributed by atoms with van der Waals surface area (Å²) in [4.78, 5) is 4.36. The van der Waals surface area contributed by atoms with Crippen molar-refractivity contribution in [1.82, 2.24) is 10.3 Å². The van der Waals surface area contributed by atoms with Crippen molar-refractivity contribution in [2.24, 2.45) is 5.41 Å². The number of aliphatic hydroxyl groups is 1. The molecule has 1 aromatic heterocycles. The van der Waals surface area contributed by atoms with Crippen molar-refractivity contribution in [2.45, 2.75) is 38.8 Å². The van der Waals surface area contributed by atoms with E-state index in [0.29, 0.717) is 24.1 Å². The molecule has 2 rings (SSSR count). The second-order valence-corrected chi connectivity index (χ2v) is 5.63. The fourth-order valence-corrected chi connectivity index (χ4v) is 2.97. The highest BCUT2D eigenvalue weighted by Gasteiger charge is 2.37. The first-order chi connectivity index (χ1) is 9.64. The van der Waals surface area contributed by atoms with Gasteiger partial charge in [-0.25, -0.2) is 0 Å². The Morgan fingerprint density at radius 1 is 1.45 bits per heavy atom. The first-order valence-electron chi connectivity index (χ1n) is 7.04. The smallest absolute Gasteiger partial charge is 0.183 e. The van der Waals surface area contributed by atoms with Gasteiger partial charge in [0.2, 0.25) is 0 Å². The minimum atomic E-state index is -0.0356. The Morgan fingerprint density at radius 2 is 2.25 bits per heavy atom. The largest absolute Gasteiger partial charge is 0.493 e. The molecule has 0 spiro atoms. The van der Waals surface area contributed by atoms with E-state index in [4.69, 9.17) is 9.47 Å². The van der Waals surface area contributed by atoms with Gasteiger partial charge in [0, 0.05) is 36.9 Å². The van der Waals surface area contributed by atoms with Crippen molar-refractivity contribution in [1.29, 1.82) is 0 Å². The van der Waals surface area contributed by atoms with Gasteiger partial charge in [-0.3, -0.25) is 4.98 Å². The number of methoxy groups -OCH3 is 2. The Morgan fingerprint density at radius 3 is 2.90 bits per heavy atom. The molecule has 2 N–H and O–H groups in total. The second kappa shape index (κ2) is 6.41. The summed E-state index contributed by atoms with van der Waals surface area (Å²) >= 11 is 0. The summed E-state index contributed by atoms with van der Waals surface area (Å²) < 4.78 is 10.7. The van der Waals surface area contributed by atoms with E-state index in [1.54, 1.807) is 26.5 Å². The number of pyridine rings is 1. The van der Waals surface area contributed by atoms with Crippen molar-refractivity contribution in [3.8, 4) is 11.5 Å². The summed E-state index contributed by atoms with van der Waals surface area (Å²) in [5.74, 6) is 1.36. The molecule has 1 saturated carbocycles. The molecule has 5 nitrogen and oxygen atoms in total. The lowest BCUT2D eigenvalue weighted by molar-refractivity contribution is 0.118. The van der Waals surface area contributed by atoms with Gasteiger partial charge in [-0.05, 0) is 12.8 Å². The Hall–Kier alpha value is -1.33. The van der Waals surface area contributed by atoms with E-state index in [1.165, 1.54) is 0 Å². The summed E-state index contributed by atoms with van der Waals surface area (Å²) in [6, 6.07) is 2.10. The van der Waals surface area contributed by atoms with Crippen LogP contribution in [0, 0.1) is 5.41 Å². The molecule has 0 aliphatic heterocycles. The van der Waals surface area contributed by atoms with E-state index in [1.807, 2.05) is 0 Å². The molecule has 1 aromatic rings. The summed E-state index contributed by atoms with van der Waals surface area (Å²) in [6.07, 6.45) is 5.02. The van der Waals surface area contributed by atoms with Crippen LogP contribution in [0.1, 0.15) is 31.9 Å². The van der Waals surface area contributed by atoms with Crippen LogP contribution in [0.2, 0.25) is 0 Å². The van der Waals surface area contributed by atoms with Gasteiger partial charge in [0.25, 0.3) is 0 Å². The van der Waals surface area contributed by atoms with Crippen LogP contribution >= 0.6 is 0 Å². The monoisotopic (exact) mass is 280 g/mol. The van der Waals surface area contributed by atoms with E-state index in [2.05, 4.69) is 17.2 Å². The third-order valence-corrected chi connectivity index (χ3v) is 4.33. The molecule has 0 saturated heterocycles. The molecular weight excluding hydrogens is 256 g/mol. The number of nitrogens with one attached hydrogen (secondary N) is 1. The Bertz CT molecular complexity index is 453. The molecular formula is C15H24N2O3. The van der Waals surface area contributed by atoms with Crippen molar-refractivity contribution >= 4 is 0 Å². The normalized spacial score (nSPS) is 25.7. The average molecular weight is 280 g/mol. The fourth-order valence-electron chi connectivity index (χ4n) is 2.97. The minimum Gasteiger partial charge on any atom is -0.493 e. The Kier molecular flexibility index (Phi) is 4.83. The maximum absolute atomic E-state index is 9.58. The number of nitrogens with zero attached hydrogens (tertiary/aromatic N) is 1. The van der Waals surface area contributed by atoms with E-state index >= 15 is 0 Å². The SMILES string of the molecule is COc1ccnc(CN[C@H]2CCC[C@@]2(C)CO)c1OC. The predicted octanol–water partition coefficient (Wildman–Crippen LogP) is 1.74. The third kappa shape index (κ3) is 2.88. The first-order valence-corrected chi connectivity index (χ1v) is 7.04. The zero-order chi connectivity index (χ0) is 14.6. The van der Waals surface area contributed by atoms with Gasteiger partial charge in [0.15, 0.2) is 11.5 Å². The minimum absolute atomic E-state index is 0.0356. The maximum Gasteiger partial charge on any atom is 0.183 e. The van der Waals surface area contributed by atoms with Crippen molar-refractivity contribution in [3.63, 3.8) is 0 Å². The lowest BCUT2D eigenvalue weighted by Crippen LogP contribution is -2.41. The van der Waals surface area contributed by atoms with Gasteiger partial charge in [-0.15, -0.1) is 0 Å². The van der Waals surface area contributed by atoms with Crippen LogP contribution in [0.5, 0.6) is 11.5 Å².